The van der Waals surface area contributed by atoms with Crippen molar-refractivity contribution in [1.82, 2.24) is 9.62 Å². The standard InChI is InChI=1S/C25H27F3N4O3S2/c1-16-13-19(29-3)14-17(2)21(16)7-12-37(34,35)32-10-8-24(9-11-32)23(33)30-22(31-24)18-5-4-6-20(15-18)36-25(26,27)28/h4-7,12-15,29H,8-11H2,1-3H3,(H,30,31,33)/b12-7+. The van der Waals surface area contributed by atoms with Crippen LogP contribution in [-0.4, -0.2) is 55.7 Å². The normalized spacial score (nSPS) is 18.3. The number of hydrogen-bond acceptors (Lipinski definition) is 6. The predicted octanol–water partition coefficient (Wildman–Crippen LogP) is 4.67. The van der Waals surface area contributed by atoms with Crippen molar-refractivity contribution >= 4 is 45.3 Å². The van der Waals surface area contributed by atoms with Crippen LogP contribution in [0.25, 0.3) is 6.08 Å². The van der Waals surface area contributed by atoms with Gasteiger partial charge in [0.1, 0.15) is 11.4 Å². The molecule has 0 aromatic heterocycles. The highest BCUT2D eigenvalue weighted by Crippen LogP contribution is 2.38. The van der Waals surface area contributed by atoms with Gasteiger partial charge in [-0.25, -0.2) is 8.42 Å². The van der Waals surface area contributed by atoms with Crippen LogP contribution in [0.4, 0.5) is 18.9 Å². The Morgan fingerprint density at radius 2 is 1.78 bits per heavy atom. The maximum atomic E-state index is 13.0. The third-order valence-electron chi connectivity index (χ3n) is 6.52. The highest BCUT2D eigenvalue weighted by atomic mass is 32.2. The van der Waals surface area contributed by atoms with Crippen molar-refractivity contribution in [2.75, 3.05) is 25.5 Å². The molecular formula is C25H27F3N4O3S2. The molecule has 0 bridgehead atoms. The Bertz CT molecular complexity index is 1360. The van der Waals surface area contributed by atoms with Gasteiger partial charge in [0.25, 0.3) is 5.91 Å². The summed E-state index contributed by atoms with van der Waals surface area (Å²) in [5.74, 6) is -0.179. The minimum Gasteiger partial charge on any atom is -0.388 e. The van der Waals surface area contributed by atoms with Crippen LogP contribution < -0.4 is 10.6 Å². The second-order valence-corrected chi connectivity index (χ2v) is 12.0. The van der Waals surface area contributed by atoms with E-state index < -0.39 is 21.1 Å². The lowest BCUT2D eigenvalue weighted by Crippen LogP contribution is -2.50. The van der Waals surface area contributed by atoms with Crippen molar-refractivity contribution in [2.45, 2.75) is 42.6 Å². The van der Waals surface area contributed by atoms with Gasteiger partial charge in [-0.1, -0.05) is 12.1 Å². The molecule has 2 N–H and O–H groups in total. The van der Waals surface area contributed by atoms with Crippen molar-refractivity contribution in [1.29, 1.82) is 0 Å². The molecule has 4 rings (SSSR count). The van der Waals surface area contributed by atoms with Gasteiger partial charge in [0.05, 0.1) is 0 Å². The molecule has 0 atom stereocenters. The predicted molar refractivity (Wildman–Crippen MR) is 140 cm³/mol. The second kappa shape index (κ2) is 10.1. The van der Waals surface area contributed by atoms with Crippen molar-refractivity contribution in [3.63, 3.8) is 0 Å². The molecule has 0 radical (unpaired) electrons. The van der Waals surface area contributed by atoms with E-state index in [0.717, 1.165) is 22.4 Å². The SMILES string of the molecule is CNc1cc(C)c(/C=C/S(=O)(=O)N2CCC3(CC2)N=C(c2cccc(SC(F)(F)F)c2)NC3=O)c(C)c1. The smallest absolute Gasteiger partial charge is 0.388 e. The van der Waals surface area contributed by atoms with E-state index in [1.54, 1.807) is 12.1 Å². The third-order valence-corrected chi connectivity index (χ3v) is 8.81. The zero-order valence-electron chi connectivity index (χ0n) is 20.5. The van der Waals surface area contributed by atoms with E-state index in [4.69, 9.17) is 0 Å². The monoisotopic (exact) mass is 552 g/mol. The fourth-order valence-electron chi connectivity index (χ4n) is 4.57. The van der Waals surface area contributed by atoms with Gasteiger partial charge in [-0.05, 0) is 85.5 Å². The summed E-state index contributed by atoms with van der Waals surface area (Å²) in [4.78, 5) is 17.4. The molecule has 7 nitrogen and oxygen atoms in total. The van der Waals surface area contributed by atoms with Crippen molar-refractivity contribution < 1.29 is 26.4 Å². The number of amides is 1. The largest absolute Gasteiger partial charge is 0.446 e. The summed E-state index contributed by atoms with van der Waals surface area (Å²) < 4.78 is 65.6. The number of thioether (sulfide) groups is 1. The van der Waals surface area contributed by atoms with Gasteiger partial charge in [-0.2, -0.15) is 17.5 Å². The van der Waals surface area contributed by atoms with E-state index in [1.807, 2.05) is 33.0 Å². The lowest BCUT2D eigenvalue weighted by molar-refractivity contribution is -0.124. The summed E-state index contributed by atoms with van der Waals surface area (Å²) >= 11 is -0.240. The average Bonchev–Trinajstić information content (AvgIpc) is 3.13. The van der Waals surface area contributed by atoms with E-state index >= 15 is 0 Å². The number of hydrogen-bond donors (Lipinski definition) is 2. The molecule has 1 amide bonds. The molecule has 0 unspecified atom stereocenters. The molecule has 2 heterocycles. The molecule has 2 aromatic rings. The number of amidine groups is 1. The number of carbonyl (C=O) groups excluding carboxylic acids is 1. The first-order valence-corrected chi connectivity index (χ1v) is 13.9. The van der Waals surface area contributed by atoms with Gasteiger partial charge in [0, 0.05) is 41.7 Å². The summed E-state index contributed by atoms with van der Waals surface area (Å²) in [6.45, 7) is 4.02. The maximum absolute atomic E-state index is 13.0. The molecule has 12 heteroatoms. The quantitative estimate of drug-likeness (QED) is 0.509. The highest BCUT2D eigenvalue weighted by molar-refractivity contribution is 8.00. The van der Waals surface area contributed by atoms with Crippen LogP contribution in [0.3, 0.4) is 0 Å². The topological polar surface area (TPSA) is 90.9 Å². The van der Waals surface area contributed by atoms with E-state index in [1.165, 1.54) is 27.9 Å². The van der Waals surface area contributed by atoms with Crippen molar-refractivity contribution in [3.05, 3.63) is 64.1 Å². The minimum absolute atomic E-state index is 0.0123. The van der Waals surface area contributed by atoms with Gasteiger partial charge >= 0.3 is 5.51 Å². The molecule has 1 fully saturated rings. The number of rotatable bonds is 6. The average molecular weight is 553 g/mol. The lowest BCUT2D eigenvalue weighted by atomic mass is 9.89. The number of halogens is 3. The molecule has 2 aliphatic rings. The van der Waals surface area contributed by atoms with E-state index in [0.29, 0.717) is 5.56 Å². The Balaban J connectivity index is 1.48. The lowest BCUT2D eigenvalue weighted by Gasteiger charge is -2.34. The zero-order valence-corrected chi connectivity index (χ0v) is 22.1. The zero-order chi connectivity index (χ0) is 27.0. The number of nitrogens with one attached hydrogen (secondary N) is 2. The molecular weight excluding hydrogens is 525 g/mol. The number of alkyl halides is 3. The van der Waals surface area contributed by atoms with E-state index in [-0.39, 0.29) is 54.3 Å². The Morgan fingerprint density at radius 3 is 2.38 bits per heavy atom. The molecule has 2 aliphatic heterocycles. The fourth-order valence-corrected chi connectivity index (χ4v) is 6.34. The van der Waals surface area contributed by atoms with Gasteiger partial charge in [0.2, 0.25) is 10.0 Å². The van der Waals surface area contributed by atoms with Gasteiger partial charge in [-0.3, -0.25) is 9.79 Å². The number of aliphatic imine (C=N–C) groups is 1. The molecule has 37 heavy (non-hydrogen) atoms. The fraction of sp³-hybridized carbons (Fsp3) is 0.360. The molecule has 0 saturated carbocycles. The number of anilines is 1. The van der Waals surface area contributed by atoms with Gasteiger partial charge in [-0.15, -0.1) is 0 Å². The first-order valence-electron chi connectivity index (χ1n) is 11.6. The van der Waals surface area contributed by atoms with Crippen LogP contribution in [0.15, 0.2) is 51.7 Å². The number of aryl methyl sites for hydroxylation is 2. The van der Waals surface area contributed by atoms with Gasteiger partial charge < -0.3 is 10.6 Å². The number of nitrogens with zero attached hydrogens (tertiary/aromatic N) is 2. The van der Waals surface area contributed by atoms with Crippen LogP contribution in [0.5, 0.6) is 0 Å². The number of carbonyl (C=O) groups is 1. The Labute approximate surface area is 218 Å². The van der Waals surface area contributed by atoms with E-state index in [2.05, 4.69) is 15.6 Å². The van der Waals surface area contributed by atoms with Crippen LogP contribution in [0.1, 0.15) is 35.1 Å². The Hall–Kier alpha value is -2.83. The molecule has 1 saturated heterocycles. The number of benzene rings is 2. The van der Waals surface area contributed by atoms with Crippen molar-refractivity contribution in [3.8, 4) is 0 Å². The number of sulfonamides is 1. The van der Waals surface area contributed by atoms with Crippen molar-refractivity contribution in [2.24, 2.45) is 4.99 Å². The van der Waals surface area contributed by atoms with Crippen LogP contribution in [0, 0.1) is 13.8 Å². The van der Waals surface area contributed by atoms with Crippen LogP contribution in [0.2, 0.25) is 0 Å². The molecule has 1 spiro atoms. The van der Waals surface area contributed by atoms with Crippen LogP contribution in [-0.2, 0) is 14.8 Å². The Morgan fingerprint density at radius 1 is 1.14 bits per heavy atom. The molecule has 2 aromatic carbocycles. The summed E-state index contributed by atoms with van der Waals surface area (Å²) in [6.07, 6.45) is 1.93. The first-order chi connectivity index (χ1) is 17.3. The van der Waals surface area contributed by atoms with Gasteiger partial charge in [0.15, 0.2) is 0 Å². The van der Waals surface area contributed by atoms with Crippen LogP contribution >= 0.6 is 11.8 Å². The number of piperidine rings is 1. The van der Waals surface area contributed by atoms with E-state index in [9.17, 15) is 26.4 Å². The Kier molecular flexibility index (Phi) is 7.46. The highest BCUT2D eigenvalue weighted by Gasteiger charge is 2.47. The first kappa shape index (κ1) is 27.2. The summed E-state index contributed by atoms with van der Waals surface area (Å²) in [7, 11) is -1.92. The minimum atomic E-state index is -4.43. The third kappa shape index (κ3) is 6.02. The molecule has 198 valence electrons. The maximum Gasteiger partial charge on any atom is 0.446 e. The summed E-state index contributed by atoms with van der Waals surface area (Å²) in [6, 6.07) is 9.60. The molecule has 0 aliphatic carbocycles. The summed E-state index contributed by atoms with van der Waals surface area (Å²) in [5.41, 5.74) is -1.56. The second-order valence-electron chi connectivity index (χ2n) is 9.04. The summed E-state index contributed by atoms with van der Waals surface area (Å²) in [5, 5.41) is 6.94.